The Morgan fingerprint density at radius 1 is 1.28 bits per heavy atom. The first-order chi connectivity index (χ1) is 11.7. The van der Waals surface area contributed by atoms with E-state index in [-0.39, 0.29) is 36.8 Å². The minimum absolute atomic E-state index is 0. The zero-order valence-electron chi connectivity index (χ0n) is 14.6. The van der Waals surface area contributed by atoms with E-state index in [0.29, 0.717) is 18.9 Å². The van der Waals surface area contributed by atoms with Crippen molar-refractivity contribution in [3.05, 3.63) is 29.8 Å². The third kappa shape index (κ3) is 7.75. The molecule has 25 heavy (non-hydrogen) atoms. The summed E-state index contributed by atoms with van der Waals surface area (Å²) in [6, 6.07) is 7.52. The molecule has 140 valence electrons. The minimum atomic E-state index is -0.374. The molecular weight excluding hydrogens is 344 g/mol. The molecule has 6 nitrogen and oxygen atoms in total. The first-order valence-electron chi connectivity index (χ1n) is 8.55. The molecule has 1 unspecified atom stereocenters. The van der Waals surface area contributed by atoms with Gasteiger partial charge < -0.3 is 20.1 Å². The smallest absolute Gasteiger partial charge is 0.344 e. The van der Waals surface area contributed by atoms with E-state index in [1.165, 1.54) is 0 Å². The Labute approximate surface area is 155 Å². The van der Waals surface area contributed by atoms with Gasteiger partial charge in [0.1, 0.15) is 5.75 Å². The standard InChI is InChI=1S/C18H26N2O4.ClH/c1-2-23-17(21)13-24-16-7-5-14(6-8-16)9-11-20-18(22)15-4-3-10-19-12-15;/h5-8,15,19H,2-4,9-13H2,1H3,(H,20,22);1H. The van der Waals surface area contributed by atoms with Gasteiger partial charge in [0.05, 0.1) is 12.5 Å². The molecule has 7 heteroatoms. The van der Waals surface area contributed by atoms with Crippen molar-refractivity contribution >= 4 is 24.3 Å². The van der Waals surface area contributed by atoms with Crippen LogP contribution in [0.5, 0.6) is 5.75 Å². The monoisotopic (exact) mass is 370 g/mol. The van der Waals surface area contributed by atoms with Crippen molar-refractivity contribution in [1.82, 2.24) is 10.6 Å². The Hall–Kier alpha value is -1.79. The van der Waals surface area contributed by atoms with Gasteiger partial charge in [0.2, 0.25) is 5.91 Å². The van der Waals surface area contributed by atoms with Crippen LogP contribution < -0.4 is 15.4 Å². The van der Waals surface area contributed by atoms with Gasteiger partial charge in [-0.1, -0.05) is 12.1 Å². The largest absolute Gasteiger partial charge is 0.482 e. The molecule has 0 aromatic heterocycles. The summed E-state index contributed by atoms with van der Waals surface area (Å²) in [5.41, 5.74) is 1.11. The van der Waals surface area contributed by atoms with Gasteiger partial charge in [0.15, 0.2) is 6.61 Å². The zero-order valence-corrected chi connectivity index (χ0v) is 15.4. The van der Waals surface area contributed by atoms with Crippen LogP contribution >= 0.6 is 12.4 Å². The van der Waals surface area contributed by atoms with E-state index in [9.17, 15) is 9.59 Å². The van der Waals surface area contributed by atoms with E-state index in [1.807, 2.05) is 24.3 Å². The molecule has 1 saturated heterocycles. The van der Waals surface area contributed by atoms with Crippen molar-refractivity contribution in [3.8, 4) is 5.75 Å². The Morgan fingerprint density at radius 3 is 2.68 bits per heavy atom. The molecule has 1 aliphatic rings. The fourth-order valence-electron chi connectivity index (χ4n) is 2.65. The first kappa shape index (κ1) is 21.3. The highest BCUT2D eigenvalue weighted by molar-refractivity contribution is 5.85. The van der Waals surface area contributed by atoms with E-state index < -0.39 is 0 Å². The molecule has 0 radical (unpaired) electrons. The quantitative estimate of drug-likeness (QED) is 0.681. The summed E-state index contributed by atoms with van der Waals surface area (Å²) in [7, 11) is 0. The van der Waals surface area contributed by atoms with Gasteiger partial charge in [-0.2, -0.15) is 0 Å². The molecule has 1 amide bonds. The summed E-state index contributed by atoms with van der Waals surface area (Å²) in [6.45, 7) is 4.43. The second kappa shape index (κ2) is 11.7. The van der Waals surface area contributed by atoms with Crippen LogP contribution in [0.2, 0.25) is 0 Å². The number of hydrogen-bond acceptors (Lipinski definition) is 5. The van der Waals surface area contributed by atoms with E-state index in [2.05, 4.69) is 10.6 Å². The maximum atomic E-state index is 12.0. The molecule has 2 N–H and O–H groups in total. The van der Waals surface area contributed by atoms with Crippen molar-refractivity contribution in [2.45, 2.75) is 26.2 Å². The van der Waals surface area contributed by atoms with Gasteiger partial charge in [0, 0.05) is 13.1 Å². The number of nitrogens with one attached hydrogen (secondary N) is 2. The highest BCUT2D eigenvalue weighted by Gasteiger charge is 2.20. The minimum Gasteiger partial charge on any atom is -0.482 e. The van der Waals surface area contributed by atoms with Gasteiger partial charge in [-0.05, 0) is 50.4 Å². The van der Waals surface area contributed by atoms with Gasteiger partial charge in [-0.15, -0.1) is 12.4 Å². The molecule has 0 aliphatic carbocycles. The van der Waals surface area contributed by atoms with Crippen LogP contribution in [0.25, 0.3) is 0 Å². The fourth-order valence-corrected chi connectivity index (χ4v) is 2.65. The number of esters is 1. The second-order valence-corrected chi connectivity index (χ2v) is 5.82. The molecule has 1 atom stereocenters. The van der Waals surface area contributed by atoms with Crippen LogP contribution in [0.3, 0.4) is 0 Å². The van der Waals surface area contributed by atoms with Crippen molar-refractivity contribution in [1.29, 1.82) is 0 Å². The summed E-state index contributed by atoms with van der Waals surface area (Å²) in [5, 5.41) is 6.25. The van der Waals surface area contributed by atoms with E-state index >= 15 is 0 Å². The van der Waals surface area contributed by atoms with Gasteiger partial charge in [0.25, 0.3) is 0 Å². The van der Waals surface area contributed by atoms with Crippen molar-refractivity contribution in [2.24, 2.45) is 5.92 Å². The lowest BCUT2D eigenvalue weighted by molar-refractivity contribution is -0.145. The number of piperidine rings is 1. The predicted molar refractivity (Wildman–Crippen MR) is 98.1 cm³/mol. The molecule has 0 spiro atoms. The lowest BCUT2D eigenvalue weighted by atomic mass is 9.99. The SMILES string of the molecule is CCOC(=O)COc1ccc(CCNC(=O)C2CCCNC2)cc1.Cl. The van der Waals surface area contributed by atoms with Crippen LogP contribution in [0.1, 0.15) is 25.3 Å². The maximum absolute atomic E-state index is 12.0. The number of amides is 1. The highest BCUT2D eigenvalue weighted by atomic mass is 35.5. The molecule has 1 heterocycles. The summed E-state index contributed by atoms with van der Waals surface area (Å²) in [6.07, 6.45) is 2.79. The number of carbonyl (C=O) groups excluding carboxylic acids is 2. The number of rotatable bonds is 8. The molecule has 0 bridgehead atoms. The number of hydrogen-bond donors (Lipinski definition) is 2. The van der Waals surface area contributed by atoms with E-state index in [4.69, 9.17) is 9.47 Å². The summed E-state index contributed by atoms with van der Waals surface area (Å²) >= 11 is 0. The Morgan fingerprint density at radius 2 is 2.04 bits per heavy atom. The van der Waals surface area contributed by atoms with Crippen molar-refractivity contribution in [3.63, 3.8) is 0 Å². The number of benzene rings is 1. The summed E-state index contributed by atoms with van der Waals surface area (Å²) < 4.78 is 10.2. The van der Waals surface area contributed by atoms with E-state index in [1.54, 1.807) is 6.92 Å². The van der Waals surface area contributed by atoms with Gasteiger partial charge in [-0.3, -0.25) is 4.79 Å². The fraction of sp³-hybridized carbons (Fsp3) is 0.556. The molecule has 1 aromatic carbocycles. The third-order valence-electron chi connectivity index (χ3n) is 3.97. The maximum Gasteiger partial charge on any atom is 0.344 e. The number of carbonyl (C=O) groups is 2. The van der Waals surface area contributed by atoms with Crippen molar-refractivity contribution in [2.75, 3.05) is 32.8 Å². The van der Waals surface area contributed by atoms with Crippen LogP contribution in [-0.4, -0.2) is 44.7 Å². The topological polar surface area (TPSA) is 76.7 Å². The average molecular weight is 371 g/mol. The summed E-state index contributed by atoms with van der Waals surface area (Å²) in [4.78, 5) is 23.3. The normalized spacial score (nSPS) is 16.4. The first-order valence-corrected chi connectivity index (χ1v) is 8.55. The molecule has 1 fully saturated rings. The third-order valence-corrected chi connectivity index (χ3v) is 3.97. The number of halogens is 1. The van der Waals surface area contributed by atoms with Crippen LogP contribution in [0.4, 0.5) is 0 Å². The second-order valence-electron chi connectivity index (χ2n) is 5.82. The molecular formula is C18H27ClN2O4. The van der Waals surface area contributed by atoms with Gasteiger partial charge in [-0.25, -0.2) is 4.79 Å². The highest BCUT2D eigenvalue weighted by Crippen LogP contribution is 2.13. The van der Waals surface area contributed by atoms with Crippen molar-refractivity contribution < 1.29 is 19.1 Å². The molecule has 0 saturated carbocycles. The zero-order chi connectivity index (χ0) is 17.2. The van der Waals surface area contributed by atoms with Crippen LogP contribution in [0.15, 0.2) is 24.3 Å². The average Bonchev–Trinajstić information content (AvgIpc) is 2.62. The van der Waals surface area contributed by atoms with Crippen LogP contribution in [0, 0.1) is 5.92 Å². The lowest BCUT2D eigenvalue weighted by Gasteiger charge is -2.21. The Bertz CT molecular complexity index is 530. The summed E-state index contributed by atoms with van der Waals surface area (Å²) in [5.74, 6) is 0.486. The van der Waals surface area contributed by atoms with Gasteiger partial charge >= 0.3 is 5.97 Å². The van der Waals surface area contributed by atoms with Crippen LogP contribution in [-0.2, 0) is 20.7 Å². The Kier molecular flexibility index (Phi) is 9.96. The molecule has 2 rings (SSSR count). The molecule has 1 aromatic rings. The Balaban J connectivity index is 0.00000312. The van der Waals surface area contributed by atoms with E-state index in [0.717, 1.165) is 37.9 Å². The molecule has 1 aliphatic heterocycles. The lowest BCUT2D eigenvalue weighted by Crippen LogP contribution is -2.41. The number of ether oxygens (including phenoxy) is 2. The predicted octanol–water partition coefficient (Wildman–Crippen LogP) is 1.71.